The van der Waals surface area contributed by atoms with Gasteiger partial charge in [-0.15, -0.1) is 0 Å². The summed E-state index contributed by atoms with van der Waals surface area (Å²) in [4.78, 5) is 38.0. The van der Waals surface area contributed by atoms with Crippen LogP contribution in [0.4, 0.5) is 0 Å². The molecule has 0 saturated heterocycles. The van der Waals surface area contributed by atoms with Crippen LogP contribution in [0.3, 0.4) is 0 Å². The molecule has 0 aliphatic heterocycles. The maximum Gasteiger partial charge on any atom is 0.306 e. The van der Waals surface area contributed by atoms with Crippen LogP contribution in [0.5, 0.6) is 0 Å². The van der Waals surface area contributed by atoms with Gasteiger partial charge in [-0.25, -0.2) is 0 Å². The molecule has 0 radical (unpaired) electrons. The minimum Gasteiger partial charge on any atom is -0.462 e. The highest BCUT2D eigenvalue weighted by atomic mass is 16.6. The second-order valence-electron chi connectivity index (χ2n) is 18.2. The third-order valence-electron chi connectivity index (χ3n) is 11.9. The van der Waals surface area contributed by atoms with Gasteiger partial charge in [-0.05, 0) is 57.8 Å². The third-order valence-corrected chi connectivity index (χ3v) is 11.9. The number of hydrogen-bond acceptors (Lipinski definition) is 6. The average Bonchev–Trinajstić information content (AvgIpc) is 3.27. The molecule has 0 aromatic heterocycles. The zero-order chi connectivity index (χ0) is 45.1. The maximum atomic E-state index is 12.8. The molecule has 0 aliphatic rings. The maximum absolute atomic E-state index is 12.8. The molecule has 6 heteroatoms. The van der Waals surface area contributed by atoms with Crippen molar-refractivity contribution in [3.63, 3.8) is 0 Å². The van der Waals surface area contributed by atoms with Crippen molar-refractivity contribution < 1.29 is 28.6 Å². The van der Waals surface area contributed by atoms with Gasteiger partial charge in [-0.1, -0.05) is 243 Å². The lowest BCUT2D eigenvalue weighted by molar-refractivity contribution is -0.167. The summed E-state index contributed by atoms with van der Waals surface area (Å²) in [7, 11) is 0. The van der Waals surface area contributed by atoms with Crippen LogP contribution in [0.25, 0.3) is 0 Å². The Balaban J connectivity index is 4.37. The van der Waals surface area contributed by atoms with Crippen LogP contribution in [0.1, 0.15) is 284 Å². The molecule has 0 spiro atoms. The Kier molecular flexibility index (Phi) is 49.3. The van der Waals surface area contributed by atoms with Gasteiger partial charge in [0.1, 0.15) is 13.2 Å². The Bertz CT molecular complexity index is 1050. The molecule has 0 unspecified atom stereocenters. The molecule has 0 saturated carbocycles. The van der Waals surface area contributed by atoms with Crippen LogP contribution in [0.2, 0.25) is 0 Å². The van der Waals surface area contributed by atoms with E-state index < -0.39 is 6.10 Å². The Labute approximate surface area is 385 Å². The van der Waals surface area contributed by atoms with Crippen molar-refractivity contribution in [1.82, 2.24) is 0 Å². The second kappa shape index (κ2) is 51.3. The second-order valence-corrected chi connectivity index (χ2v) is 18.2. The predicted molar refractivity (Wildman–Crippen MR) is 266 cm³/mol. The molecule has 0 fully saturated rings. The summed E-state index contributed by atoms with van der Waals surface area (Å²) in [5.74, 6) is -0.883. The van der Waals surface area contributed by atoms with E-state index >= 15 is 0 Å². The lowest BCUT2D eigenvalue weighted by Crippen LogP contribution is -2.30. The number of carbonyl (C=O) groups is 3. The molecule has 362 valence electrons. The lowest BCUT2D eigenvalue weighted by Gasteiger charge is -2.18. The van der Waals surface area contributed by atoms with Crippen molar-refractivity contribution in [1.29, 1.82) is 0 Å². The summed E-state index contributed by atoms with van der Waals surface area (Å²) < 4.78 is 16.8. The normalized spacial score (nSPS) is 12.2. The van der Waals surface area contributed by atoms with Gasteiger partial charge < -0.3 is 14.2 Å². The van der Waals surface area contributed by atoms with E-state index in [1.54, 1.807) is 0 Å². The first-order chi connectivity index (χ1) is 30.5. The number of unbranched alkanes of at least 4 members (excludes halogenated alkanes) is 32. The smallest absolute Gasteiger partial charge is 0.306 e. The summed E-state index contributed by atoms with van der Waals surface area (Å²) in [5, 5.41) is 0. The van der Waals surface area contributed by atoms with E-state index in [9.17, 15) is 14.4 Å². The Morgan fingerprint density at radius 3 is 0.935 bits per heavy atom. The van der Waals surface area contributed by atoms with E-state index in [1.807, 2.05) is 0 Å². The van der Waals surface area contributed by atoms with Crippen LogP contribution in [0, 0.1) is 0 Å². The topological polar surface area (TPSA) is 78.9 Å². The lowest BCUT2D eigenvalue weighted by atomic mass is 10.0. The van der Waals surface area contributed by atoms with Gasteiger partial charge in [0, 0.05) is 19.3 Å². The zero-order valence-corrected chi connectivity index (χ0v) is 41.4. The largest absolute Gasteiger partial charge is 0.462 e. The first kappa shape index (κ1) is 59.6. The van der Waals surface area contributed by atoms with Gasteiger partial charge in [0.15, 0.2) is 6.10 Å². The summed E-state index contributed by atoms with van der Waals surface area (Å²) in [6.45, 7) is 6.62. The van der Waals surface area contributed by atoms with Crippen LogP contribution >= 0.6 is 0 Å². The van der Waals surface area contributed by atoms with E-state index in [2.05, 4.69) is 57.2 Å². The Morgan fingerprint density at radius 1 is 0.323 bits per heavy atom. The molecule has 0 bridgehead atoms. The van der Waals surface area contributed by atoms with Crippen molar-refractivity contribution >= 4 is 17.9 Å². The first-order valence-electron chi connectivity index (χ1n) is 27.0. The molecule has 62 heavy (non-hydrogen) atoms. The monoisotopic (exact) mass is 871 g/mol. The number of esters is 3. The van der Waals surface area contributed by atoms with Gasteiger partial charge in [0.2, 0.25) is 0 Å². The number of rotatable bonds is 49. The van der Waals surface area contributed by atoms with Gasteiger partial charge in [-0.3, -0.25) is 14.4 Å². The predicted octanol–water partition coefficient (Wildman–Crippen LogP) is 17.7. The summed E-state index contributed by atoms with van der Waals surface area (Å²) in [6.07, 6.45) is 59.8. The summed E-state index contributed by atoms with van der Waals surface area (Å²) in [6, 6.07) is 0. The number of carbonyl (C=O) groups excluding carboxylic acids is 3. The molecule has 0 rings (SSSR count). The van der Waals surface area contributed by atoms with E-state index in [0.717, 1.165) is 83.5 Å². The minimum absolute atomic E-state index is 0.0750. The fraction of sp³-hybridized carbons (Fsp3) is 0.839. The molecular weight excluding hydrogens is 769 g/mol. The average molecular weight is 871 g/mol. The molecule has 0 aliphatic carbocycles. The van der Waals surface area contributed by atoms with Crippen molar-refractivity contribution in [2.75, 3.05) is 13.2 Å². The molecular formula is C56H102O6. The highest BCUT2D eigenvalue weighted by molar-refractivity contribution is 5.71. The number of ether oxygens (including phenoxy) is 3. The quantitative estimate of drug-likeness (QED) is 0.0262. The van der Waals surface area contributed by atoms with E-state index in [-0.39, 0.29) is 31.1 Å². The fourth-order valence-electron chi connectivity index (χ4n) is 7.80. The van der Waals surface area contributed by atoms with E-state index in [1.165, 1.54) is 161 Å². The Morgan fingerprint density at radius 2 is 0.581 bits per heavy atom. The highest BCUT2D eigenvalue weighted by Gasteiger charge is 2.19. The van der Waals surface area contributed by atoms with Crippen molar-refractivity contribution in [2.45, 2.75) is 290 Å². The molecule has 0 heterocycles. The molecule has 0 aromatic rings. The van der Waals surface area contributed by atoms with Crippen LogP contribution in [-0.2, 0) is 28.6 Å². The standard InChI is InChI=1S/C56H102O6/c1-4-7-10-13-16-19-22-25-27-28-30-31-34-37-40-43-46-49-55(58)61-52-53(51-60-54(57)48-45-42-39-36-33-24-21-18-15-12-9-6-3)62-56(59)50-47-44-41-38-35-32-29-26-23-20-17-14-11-8-5-2/h16,19,25,27,30-31,53H,4-15,17-18,20-24,26,28-29,32-52H2,1-3H3/b19-16-,27-25-,31-30-/t53-/m1/s1. The van der Waals surface area contributed by atoms with Gasteiger partial charge in [0.05, 0.1) is 0 Å². The highest BCUT2D eigenvalue weighted by Crippen LogP contribution is 2.16. The van der Waals surface area contributed by atoms with Gasteiger partial charge >= 0.3 is 17.9 Å². The molecule has 0 amide bonds. The zero-order valence-electron chi connectivity index (χ0n) is 41.4. The van der Waals surface area contributed by atoms with Crippen LogP contribution in [-0.4, -0.2) is 37.2 Å². The van der Waals surface area contributed by atoms with Crippen molar-refractivity contribution in [2.24, 2.45) is 0 Å². The number of allylic oxidation sites excluding steroid dienone is 6. The number of hydrogen-bond donors (Lipinski definition) is 0. The third kappa shape index (κ3) is 48.7. The van der Waals surface area contributed by atoms with E-state index in [0.29, 0.717) is 19.3 Å². The molecule has 1 atom stereocenters. The fourth-order valence-corrected chi connectivity index (χ4v) is 7.80. The minimum atomic E-state index is -0.776. The van der Waals surface area contributed by atoms with Crippen molar-refractivity contribution in [3.8, 4) is 0 Å². The van der Waals surface area contributed by atoms with Gasteiger partial charge in [-0.2, -0.15) is 0 Å². The van der Waals surface area contributed by atoms with Crippen molar-refractivity contribution in [3.05, 3.63) is 36.5 Å². The first-order valence-corrected chi connectivity index (χ1v) is 27.0. The van der Waals surface area contributed by atoms with E-state index in [4.69, 9.17) is 14.2 Å². The molecule has 6 nitrogen and oxygen atoms in total. The SMILES string of the molecule is CCCCC/C=C\C/C=C\C/C=C\CCCCCCC(=O)OC[C@@H](COC(=O)CCCCCCCCCCCCCC)OC(=O)CCCCCCCCCCCCCCCCC. The molecule has 0 N–H and O–H groups in total. The van der Waals surface area contributed by atoms with Crippen LogP contribution < -0.4 is 0 Å². The van der Waals surface area contributed by atoms with Gasteiger partial charge in [0.25, 0.3) is 0 Å². The summed E-state index contributed by atoms with van der Waals surface area (Å²) in [5.41, 5.74) is 0. The molecule has 0 aromatic carbocycles. The Hall–Kier alpha value is -2.37. The summed E-state index contributed by atoms with van der Waals surface area (Å²) >= 11 is 0. The van der Waals surface area contributed by atoms with Crippen LogP contribution in [0.15, 0.2) is 36.5 Å².